The number of urea groups is 1. The molecule has 4 rings (SSSR count). The van der Waals surface area contributed by atoms with Gasteiger partial charge in [-0.3, -0.25) is 14.5 Å². The molecule has 11 heteroatoms. The molecule has 4 N–H and O–H groups in total. The number of hydrogen-bond acceptors (Lipinski definition) is 7. The van der Waals surface area contributed by atoms with Crippen molar-refractivity contribution in [3.8, 4) is 0 Å². The SMILES string of the molecule is CN[C@@H](Cc1c[nH]cn1)C(=O)N(C(=O)[C@H](Cc1ccccc1)NC(=O)N1CCOCC1)[C@@H](CC1CCCCC1)[C@@H](O)CCC(C)C. The Labute approximate surface area is 273 Å². The van der Waals surface area contributed by atoms with Crippen molar-refractivity contribution in [2.75, 3.05) is 33.4 Å². The van der Waals surface area contributed by atoms with Crippen LogP contribution in [-0.4, -0.2) is 100 Å². The number of carbonyl (C=O) groups is 3. The highest BCUT2D eigenvalue weighted by molar-refractivity contribution is 6.01. The molecule has 0 spiro atoms. The number of aromatic amines is 1. The molecule has 1 saturated carbocycles. The van der Waals surface area contributed by atoms with Gasteiger partial charge in [0.25, 0.3) is 5.91 Å². The van der Waals surface area contributed by atoms with E-state index in [1.165, 1.54) is 11.3 Å². The predicted octanol–water partition coefficient (Wildman–Crippen LogP) is 3.68. The molecule has 2 aliphatic rings. The molecule has 0 radical (unpaired) electrons. The molecule has 1 aliphatic heterocycles. The number of morpholine rings is 1. The number of rotatable bonds is 15. The van der Waals surface area contributed by atoms with Crippen LogP contribution in [-0.2, 0) is 27.2 Å². The van der Waals surface area contributed by atoms with Crippen LogP contribution in [0.2, 0.25) is 0 Å². The number of imide groups is 1. The molecule has 0 unspecified atom stereocenters. The van der Waals surface area contributed by atoms with Crippen molar-refractivity contribution in [3.63, 3.8) is 0 Å². The van der Waals surface area contributed by atoms with E-state index in [9.17, 15) is 19.5 Å². The van der Waals surface area contributed by atoms with E-state index in [1.807, 2.05) is 30.3 Å². The van der Waals surface area contributed by atoms with Gasteiger partial charge in [-0.2, -0.15) is 0 Å². The Balaban J connectivity index is 1.73. The van der Waals surface area contributed by atoms with E-state index in [0.717, 1.165) is 37.7 Å². The van der Waals surface area contributed by atoms with Crippen molar-refractivity contribution in [2.45, 2.75) is 102 Å². The van der Waals surface area contributed by atoms with Crippen molar-refractivity contribution >= 4 is 17.8 Å². The Bertz CT molecular complexity index is 1200. The van der Waals surface area contributed by atoms with Gasteiger partial charge in [0.15, 0.2) is 0 Å². The van der Waals surface area contributed by atoms with Gasteiger partial charge in [-0.05, 0) is 43.7 Å². The lowest BCUT2D eigenvalue weighted by Crippen LogP contribution is -2.62. The van der Waals surface area contributed by atoms with E-state index in [4.69, 9.17) is 4.74 Å². The van der Waals surface area contributed by atoms with Crippen LogP contribution in [0.4, 0.5) is 4.79 Å². The monoisotopic (exact) mass is 638 g/mol. The zero-order valence-corrected chi connectivity index (χ0v) is 27.8. The minimum atomic E-state index is -1.02. The van der Waals surface area contributed by atoms with Gasteiger partial charge >= 0.3 is 6.03 Å². The average molecular weight is 639 g/mol. The molecular formula is C35H54N6O5. The third-order valence-electron chi connectivity index (χ3n) is 9.38. The number of likely N-dealkylation sites (N-methyl/N-ethyl adjacent to an activating group) is 1. The molecule has 1 aromatic heterocycles. The summed E-state index contributed by atoms with van der Waals surface area (Å²) in [6.45, 7) is 5.91. The summed E-state index contributed by atoms with van der Waals surface area (Å²) >= 11 is 0. The number of carbonyl (C=O) groups excluding carboxylic acids is 3. The normalized spacial score (nSPS) is 18.5. The lowest BCUT2D eigenvalue weighted by atomic mass is 9.82. The highest BCUT2D eigenvalue weighted by Crippen LogP contribution is 2.31. The number of ether oxygens (including phenoxy) is 1. The Kier molecular flexibility index (Phi) is 14.0. The van der Waals surface area contributed by atoms with Crippen LogP contribution in [0.15, 0.2) is 42.9 Å². The first kappa shape index (κ1) is 35.6. The summed E-state index contributed by atoms with van der Waals surface area (Å²) in [5.74, 6) is -0.264. The van der Waals surface area contributed by atoms with Gasteiger partial charge < -0.3 is 30.4 Å². The molecule has 0 bridgehead atoms. The van der Waals surface area contributed by atoms with Gasteiger partial charge in [0.1, 0.15) is 6.04 Å². The molecule has 4 amide bonds. The van der Waals surface area contributed by atoms with Crippen molar-refractivity contribution in [2.24, 2.45) is 11.8 Å². The largest absolute Gasteiger partial charge is 0.391 e. The molecule has 1 aliphatic carbocycles. The summed E-state index contributed by atoms with van der Waals surface area (Å²) in [7, 11) is 1.70. The van der Waals surface area contributed by atoms with Crippen molar-refractivity contribution in [3.05, 3.63) is 54.1 Å². The first-order valence-electron chi connectivity index (χ1n) is 17.1. The van der Waals surface area contributed by atoms with Crippen LogP contribution in [0.3, 0.4) is 0 Å². The van der Waals surface area contributed by atoms with Gasteiger partial charge in [-0.25, -0.2) is 9.78 Å². The minimum Gasteiger partial charge on any atom is -0.391 e. The van der Waals surface area contributed by atoms with Gasteiger partial charge in [0.2, 0.25) is 5.91 Å². The number of aromatic nitrogens is 2. The second kappa shape index (κ2) is 18.2. The van der Waals surface area contributed by atoms with Gasteiger partial charge in [-0.1, -0.05) is 76.3 Å². The van der Waals surface area contributed by atoms with Gasteiger partial charge in [0.05, 0.1) is 43.4 Å². The second-order valence-electron chi connectivity index (χ2n) is 13.3. The van der Waals surface area contributed by atoms with Crippen LogP contribution in [0.5, 0.6) is 0 Å². The van der Waals surface area contributed by atoms with Crippen molar-refractivity contribution in [1.82, 2.24) is 30.4 Å². The van der Waals surface area contributed by atoms with Crippen LogP contribution in [0.25, 0.3) is 0 Å². The topological polar surface area (TPSA) is 140 Å². The molecule has 2 aromatic rings. The van der Waals surface area contributed by atoms with Crippen LogP contribution in [0.1, 0.15) is 76.5 Å². The highest BCUT2D eigenvalue weighted by atomic mass is 16.5. The number of imidazole rings is 1. The lowest BCUT2D eigenvalue weighted by Gasteiger charge is -2.40. The standard InChI is InChI=1S/C35H54N6O5/c1-25(2)14-15-32(42)31(21-27-12-8-5-9-13-27)41(33(43)29(36-3)22-28-23-37-24-38-28)34(44)30(20-26-10-6-4-7-11-26)39-35(45)40-16-18-46-19-17-40/h4,6-7,10-11,23-25,27,29-32,36,42H,5,8-9,12-22H2,1-3H3,(H,37,38)(H,39,45)/t29-,30-,31-,32-/m0/s1. The molecule has 1 saturated heterocycles. The van der Waals surface area contributed by atoms with Gasteiger partial charge in [-0.15, -0.1) is 0 Å². The Hall–Kier alpha value is -3.28. The molecule has 1 aromatic carbocycles. The first-order valence-corrected chi connectivity index (χ1v) is 17.1. The molecule has 46 heavy (non-hydrogen) atoms. The molecule has 254 valence electrons. The number of H-pyrrole nitrogens is 1. The van der Waals surface area contributed by atoms with Gasteiger partial charge in [0, 0.05) is 32.1 Å². The Morgan fingerprint density at radius 1 is 1.02 bits per heavy atom. The predicted molar refractivity (Wildman–Crippen MR) is 177 cm³/mol. The number of aliphatic hydroxyl groups is 1. The molecular weight excluding hydrogens is 584 g/mol. The minimum absolute atomic E-state index is 0.210. The second-order valence-corrected chi connectivity index (χ2v) is 13.3. The maximum atomic E-state index is 14.9. The fourth-order valence-corrected chi connectivity index (χ4v) is 6.65. The Morgan fingerprint density at radius 2 is 1.72 bits per heavy atom. The maximum Gasteiger partial charge on any atom is 0.318 e. The summed E-state index contributed by atoms with van der Waals surface area (Å²) < 4.78 is 5.44. The number of benzene rings is 1. The van der Waals surface area contributed by atoms with Crippen LogP contribution in [0, 0.1) is 11.8 Å². The zero-order chi connectivity index (χ0) is 32.9. The van der Waals surface area contributed by atoms with E-state index >= 15 is 0 Å². The fraction of sp³-hybridized carbons (Fsp3) is 0.657. The van der Waals surface area contributed by atoms with Crippen molar-refractivity contribution < 1.29 is 24.2 Å². The number of hydrogen-bond donors (Lipinski definition) is 4. The van der Waals surface area contributed by atoms with E-state index in [2.05, 4.69) is 34.4 Å². The number of nitrogens with zero attached hydrogens (tertiary/aromatic N) is 3. The molecule has 11 nitrogen and oxygen atoms in total. The highest BCUT2D eigenvalue weighted by Gasteiger charge is 2.42. The summed E-state index contributed by atoms with van der Waals surface area (Å²) in [6.07, 6.45) is 10.1. The van der Waals surface area contributed by atoms with E-state index in [0.29, 0.717) is 56.7 Å². The van der Waals surface area contributed by atoms with Crippen molar-refractivity contribution in [1.29, 1.82) is 0 Å². The number of nitrogens with one attached hydrogen (secondary N) is 3. The van der Waals surface area contributed by atoms with E-state index < -0.39 is 36.0 Å². The maximum absolute atomic E-state index is 14.9. The average Bonchev–Trinajstić information content (AvgIpc) is 3.60. The van der Waals surface area contributed by atoms with Crippen LogP contribution >= 0.6 is 0 Å². The summed E-state index contributed by atoms with van der Waals surface area (Å²) in [5, 5.41) is 17.9. The molecule has 2 heterocycles. The van der Waals surface area contributed by atoms with E-state index in [-0.39, 0.29) is 18.9 Å². The van der Waals surface area contributed by atoms with E-state index in [1.54, 1.807) is 24.5 Å². The summed E-state index contributed by atoms with van der Waals surface area (Å²) in [5.41, 5.74) is 1.55. The summed E-state index contributed by atoms with van der Waals surface area (Å²) in [6, 6.07) is 6.66. The zero-order valence-electron chi connectivity index (χ0n) is 27.8. The molecule has 2 fully saturated rings. The quantitative estimate of drug-likeness (QED) is 0.233. The van der Waals surface area contributed by atoms with Crippen LogP contribution < -0.4 is 10.6 Å². The number of aliphatic hydroxyl groups excluding tert-OH is 1. The smallest absolute Gasteiger partial charge is 0.318 e. The number of amides is 4. The first-order chi connectivity index (χ1) is 22.3. The lowest BCUT2D eigenvalue weighted by molar-refractivity contribution is -0.154. The summed E-state index contributed by atoms with van der Waals surface area (Å²) in [4.78, 5) is 53.4. The third-order valence-corrected chi connectivity index (χ3v) is 9.38. The Morgan fingerprint density at radius 3 is 2.35 bits per heavy atom. The fourth-order valence-electron chi connectivity index (χ4n) is 6.65. The molecule has 4 atom stereocenters. The third kappa shape index (κ3) is 10.4.